The summed E-state index contributed by atoms with van der Waals surface area (Å²) in [5.74, 6) is 6.73. The lowest BCUT2D eigenvalue weighted by Gasteiger charge is -2.23. The number of esters is 1. The van der Waals surface area contributed by atoms with E-state index in [2.05, 4.69) is 12.2 Å². The number of nitrogens with two attached hydrogens (primary N) is 1. The monoisotopic (exact) mass is 796 g/mol. The quantitative estimate of drug-likeness (QED) is 0.0243. The lowest BCUT2D eigenvalue weighted by Crippen LogP contribution is -2.32. The van der Waals surface area contributed by atoms with Gasteiger partial charge in [0.05, 0.1) is 23.8 Å². The largest absolute Gasteiger partial charge is 0.493 e. The number of aromatic nitrogens is 1. The first-order valence-corrected chi connectivity index (χ1v) is 19.9. The Hall–Kier alpha value is -4.25. The van der Waals surface area contributed by atoms with Crippen LogP contribution >= 0.6 is 23.2 Å². The molecule has 0 fully saturated rings. The minimum atomic E-state index is -0.562. The van der Waals surface area contributed by atoms with Gasteiger partial charge >= 0.3 is 12.1 Å². The van der Waals surface area contributed by atoms with Crippen molar-refractivity contribution < 1.29 is 28.2 Å². The third-order valence-electron chi connectivity index (χ3n) is 9.10. The maximum Gasteiger partial charge on any atom is 0.407 e. The van der Waals surface area contributed by atoms with Crippen LogP contribution in [0.4, 0.5) is 9.18 Å². The van der Waals surface area contributed by atoms with Crippen LogP contribution in [0.1, 0.15) is 94.8 Å². The number of ether oxygens (including phenoxy) is 3. The zero-order valence-corrected chi connectivity index (χ0v) is 34.4. The van der Waals surface area contributed by atoms with Gasteiger partial charge in [-0.05, 0) is 113 Å². The molecular weight excluding hydrogens is 742 g/mol. The van der Waals surface area contributed by atoms with E-state index in [1.807, 2.05) is 74.9 Å². The van der Waals surface area contributed by atoms with Gasteiger partial charge in [0.25, 0.3) is 0 Å². The summed E-state index contributed by atoms with van der Waals surface area (Å²) < 4.78 is 33.2. The molecule has 0 aliphatic rings. The Morgan fingerprint density at radius 1 is 1.02 bits per heavy atom. The number of hydrazine groups is 1. The summed E-state index contributed by atoms with van der Waals surface area (Å²) in [6.45, 7) is 10.8. The highest BCUT2D eigenvalue weighted by Gasteiger charge is 2.28. The number of alkyl halides is 1. The van der Waals surface area contributed by atoms with Gasteiger partial charge in [-0.15, -0.1) is 11.6 Å². The van der Waals surface area contributed by atoms with Gasteiger partial charge in [-0.1, -0.05) is 55.3 Å². The van der Waals surface area contributed by atoms with E-state index in [0.29, 0.717) is 67.7 Å². The normalized spacial score (nSPS) is 12.3. The standard InChI is InChI=1S/C43H55Cl2FN4O5/c1-7-36(49(6)47)34(17-10-9-12-25-48-42(52)55-43(3,4)5)38-35(45)23-22-33-32(40(41(51)53-8-2)50(39(33)38)26-13-11-24-44)18-15-27-54-37-19-14-16-29-28-30(46)20-21-31(29)37/h11,13-14,16,19-23,28H,7-10,12,15,17-18,24-27,47H2,1-6H3,(H,48,52)/b13-11-,36-34+. The number of rotatable bonds is 19. The van der Waals surface area contributed by atoms with Crippen molar-refractivity contribution in [1.82, 2.24) is 14.9 Å². The fraction of sp³-hybridized carbons (Fsp3) is 0.442. The number of unbranched alkanes of at least 4 members (excludes halogenated alkanes) is 2. The molecule has 12 heteroatoms. The first-order chi connectivity index (χ1) is 26.3. The Morgan fingerprint density at radius 2 is 1.78 bits per heavy atom. The zero-order valence-electron chi connectivity index (χ0n) is 32.9. The molecule has 0 saturated heterocycles. The van der Waals surface area contributed by atoms with Crippen molar-refractivity contribution in [3.8, 4) is 5.75 Å². The molecular formula is C43H55Cl2FN4O5. The molecule has 4 rings (SSSR count). The van der Waals surface area contributed by atoms with Crippen molar-refractivity contribution in [3.63, 3.8) is 0 Å². The number of carbonyl (C=O) groups is 2. The summed E-state index contributed by atoms with van der Waals surface area (Å²) >= 11 is 13.2. The van der Waals surface area contributed by atoms with Gasteiger partial charge in [0.2, 0.25) is 0 Å². The van der Waals surface area contributed by atoms with Gasteiger partial charge in [0, 0.05) is 48.1 Å². The second kappa shape index (κ2) is 20.6. The predicted molar refractivity (Wildman–Crippen MR) is 222 cm³/mol. The number of carbonyl (C=O) groups excluding carboxylic acids is 2. The summed E-state index contributed by atoms with van der Waals surface area (Å²) in [6, 6.07) is 14.1. The number of hydrogen-bond donors (Lipinski definition) is 2. The molecule has 3 N–H and O–H groups in total. The molecule has 3 aromatic carbocycles. The van der Waals surface area contributed by atoms with Crippen molar-refractivity contribution >= 4 is 62.5 Å². The van der Waals surface area contributed by atoms with E-state index in [-0.39, 0.29) is 12.4 Å². The van der Waals surface area contributed by atoms with Crippen LogP contribution in [0.2, 0.25) is 5.02 Å². The van der Waals surface area contributed by atoms with E-state index in [9.17, 15) is 14.0 Å². The molecule has 0 atom stereocenters. The van der Waals surface area contributed by atoms with E-state index >= 15 is 0 Å². The molecule has 1 heterocycles. The van der Waals surface area contributed by atoms with Crippen LogP contribution in [-0.4, -0.2) is 59.9 Å². The molecule has 0 aliphatic carbocycles. The molecule has 0 spiro atoms. The van der Waals surface area contributed by atoms with Crippen molar-refractivity contribution in [2.45, 2.75) is 91.7 Å². The van der Waals surface area contributed by atoms with Gasteiger partial charge in [-0.2, -0.15) is 0 Å². The summed E-state index contributed by atoms with van der Waals surface area (Å²) in [4.78, 5) is 26.1. The molecule has 0 unspecified atom stereocenters. The average Bonchev–Trinajstić information content (AvgIpc) is 3.43. The molecule has 1 amide bonds. The highest BCUT2D eigenvalue weighted by molar-refractivity contribution is 6.33. The predicted octanol–water partition coefficient (Wildman–Crippen LogP) is 10.6. The third-order valence-corrected chi connectivity index (χ3v) is 9.60. The first-order valence-electron chi connectivity index (χ1n) is 19.0. The van der Waals surface area contributed by atoms with E-state index in [1.165, 1.54) is 12.1 Å². The maximum absolute atomic E-state index is 13.9. The van der Waals surface area contributed by atoms with Crippen LogP contribution in [0.25, 0.3) is 27.2 Å². The topological polar surface area (TPSA) is 108 Å². The number of nitrogens with one attached hydrogen (secondary N) is 1. The number of amides is 1. The van der Waals surface area contributed by atoms with Crippen molar-refractivity contribution in [3.05, 3.63) is 94.0 Å². The van der Waals surface area contributed by atoms with Gasteiger partial charge in [-0.25, -0.2) is 19.8 Å². The van der Waals surface area contributed by atoms with Crippen LogP contribution in [-0.2, 0) is 22.4 Å². The van der Waals surface area contributed by atoms with E-state index in [4.69, 9.17) is 43.3 Å². The van der Waals surface area contributed by atoms with E-state index in [1.54, 1.807) is 18.0 Å². The van der Waals surface area contributed by atoms with Gasteiger partial charge in [0.15, 0.2) is 0 Å². The van der Waals surface area contributed by atoms with Gasteiger partial charge in [0.1, 0.15) is 22.9 Å². The number of benzene rings is 3. The second-order valence-corrected chi connectivity index (χ2v) is 15.0. The Morgan fingerprint density at radius 3 is 2.47 bits per heavy atom. The minimum absolute atomic E-state index is 0.210. The number of aryl methyl sites for hydroxylation is 1. The fourth-order valence-corrected chi connectivity index (χ4v) is 7.26. The van der Waals surface area contributed by atoms with Crippen molar-refractivity contribution in [2.24, 2.45) is 5.84 Å². The van der Waals surface area contributed by atoms with Crippen molar-refractivity contribution in [2.75, 3.05) is 32.7 Å². The lowest BCUT2D eigenvalue weighted by atomic mass is 9.93. The second-order valence-electron chi connectivity index (χ2n) is 14.3. The summed E-state index contributed by atoms with van der Waals surface area (Å²) in [5.41, 5.74) is 4.27. The zero-order chi connectivity index (χ0) is 40.1. The van der Waals surface area contributed by atoms with E-state index < -0.39 is 17.7 Å². The Bertz CT molecular complexity index is 2000. The van der Waals surface area contributed by atoms with E-state index in [0.717, 1.165) is 63.3 Å². The summed E-state index contributed by atoms with van der Waals surface area (Å²) in [7, 11) is 1.82. The summed E-state index contributed by atoms with van der Waals surface area (Å²) in [5, 5.41) is 7.49. The van der Waals surface area contributed by atoms with Crippen LogP contribution in [0.5, 0.6) is 5.75 Å². The molecule has 298 valence electrons. The smallest absolute Gasteiger partial charge is 0.407 e. The molecule has 1 aromatic heterocycles. The molecule has 0 radical (unpaired) electrons. The van der Waals surface area contributed by atoms with Crippen LogP contribution < -0.4 is 15.9 Å². The molecule has 0 saturated carbocycles. The molecule has 0 aliphatic heterocycles. The Labute approximate surface area is 334 Å². The Balaban J connectivity index is 1.74. The maximum atomic E-state index is 13.9. The number of hydrogen-bond acceptors (Lipinski definition) is 7. The van der Waals surface area contributed by atoms with Crippen LogP contribution in [0.15, 0.2) is 66.4 Å². The van der Waals surface area contributed by atoms with Gasteiger partial charge < -0.3 is 29.1 Å². The molecule has 55 heavy (non-hydrogen) atoms. The highest BCUT2D eigenvalue weighted by Crippen LogP contribution is 2.41. The number of fused-ring (bicyclic) bond motifs is 2. The minimum Gasteiger partial charge on any atom is -0.493 e. The number of alkyl carbamates (subject to hydrolysis) is 1. The number of halogens is 3. The number of allylic oxidation sites excluding steroid dienone is 4. The molecule has 4 aromatic rings. The van der Waals surface area contributed by atoms with Crippen LogP contribution in [0, 0.1) is 5.82 Å². The van der Waals surface area contributed by atoms with Gasteiger partial charge in [-0.3, -0.25) is 0 Å². The molecule has 0 bridgehead atoms. The SMILES string of the molecule is CCOC(=O)c1c(CCCOc2cccc3cc(F)ccc23)c2ccc(Cl)c(/C(CCCCCNC(=O)OC(C)(C)C)=C(\CC)N(C)N)c2n1C/C=C\CCl. The number of nitrogens with zero attached hydrogens (tertiary/aromatic N) is 2. The first kappa shape index (κ1) is 43.5. The highest BCUT2D eigenvalue weighted by atomic mass is 35.5. The van der Waals surface area contributed by atoms with Crippen LogP contribution in [0.3, 0.4) is 0 Å². The summed E-state index contributed by atoms with van der Waals surface area (Å²) in [6.07, 6.45) is 8.17. The molecule has 9 nitrogen and oxygen atoms in total. The van der Waals surface area contributed by atoms with Crippen molar-refractivity contribution in [1.29, 1.82) is 0 Å². The third kappa shape index (κ3) is 11.6. The lowest BCUT2D eigenvalue weighted by molar-refractivity contribution is 0.0507. The fourth-order valence-electron chi connectivity index (χ4n) is 6.87. The average molecular weight is 798 g/mol. The Kier molecular flexibility index (Phi) is 16.3.